The monoisotopic (exact) mass is 272 g/mol. The highest BCUT2D eigenvalue weighted by atomic mass is 35.5. The predicted octanol–water partition coefficient (Wildman–Crippen LogP) is 1.03. The third-order valence-electron chi connectivity index (χ3n) is 2.25. The summed E-state index contributed by atoms with van der Waals surface area (Å²) in [5, 5.41) is 9.72. The highest BCUT2D eigenvalue weighted by Gasteiger charge is 2.10. The number of nitrogens with one attached hydrogen (secondary N) is 2. The van der Waals surface area contributed by atoms with Gasteiger partial charge in [0.2, 0.25) is 5.91 Å². The Labute approximate surface area is 110 Å². The molecule has 0 fully saturated rings. The molecule has 0 bridgehead atoms. The van der Waals surface area contributed by atoms with Crippen LogP contribution in [0.25, 0.3) is 0 Å². The van der Waals surface area contributed by atoms with E-state index in [1.165, 1.54) is 17.8 Å². The Kier molecular flexibility index (Phi) is 5.15. The van der Waals surface area contributed by atoms with Crippen LogP contribution < -0.4 is 16.2 Å². The molecule has 100 valence electrons. The minimum absolute atomic E-state index is 0.0385. The van der Waals surface area contributed by atoms with Crippen molar-refractivity contribution in [3.63, 3.8) is 0 Å². The summed E-state index contributed by atoms with van der Waals surface area (Å²) in [6.45, 7) is 6.09. The van der Waals surface area contributed by atoms with E-state index in [-0.39, 0.29) is 22.5 Å². The molecule has 0 aromatic carbocycles. The average molecular weight is 273 g/mol. The van der Waals surface area contributed by atoms with Crippen LogP contribution in [0.1, 0.15) is 26.8 Å². The Morgan fingerprint density at radius 3 is 2.72 bits per heavy atom. The van der Waals surface area contributed by atoms with E-state index >= 15 is 0 Å². The second-order valence-electron chi connectivity index (χ2n) is 4.13. The maximum atomic E-state index is 11.8. The van der Waals surface area contributed by atoms with Gasteiger partial charge in [-0.25, -0.2) is 4.68 Å². The van der Waals surface area contributed by atoms with Gasteiger partial charge in [-0.05, 0) is 13.8 Å². The normalized spacial score (nSPS) is 10.5. The molecular formula is C11H17ClN4O2. The van der Waals surface area contributed by atoms with Gasteiger partial charge in [0, 0.05) is 20.0 Å². The largest absolute Gasteiger partial charge is 0.381 e. The van der Waals surface area contributed by atoms with E-state index < -0.39 is 0 Å². The van der Waals surface area contributed by atoms with Crippen molar-refractivity contribution in [1.82, 2.24) is 15.1 Å². The van der Waals surface area contributed by atoms with Gasteiger partial charge in [0.25, 0.3) is 5.56 Å². The minimum atomic E-state index is -0.323. The molecule has 2 N–H and O–H groups in total. The van der Waals surface area contributed by atoms with Crippen molar-refractivity contribution in [3.05, 3.63) is 21.6 Å². The molecule has 0 aliphatic heterocycles. The van der Waals surface area contributed by atoms with Crippen LogP contribution in [0.5, 0.6) is 0 Å². The SMILES string of the molecule is CC(=O)NCCNc1cnn(C(C)C)c(=O)c1Cl. The molecule has 0 atom stereocenters. The van der Waals surface area contributed by atoms with E-state index in [2.05, 4.69) is 15.7 Å². The number of aromatic nitrogens is 2. The molecule has 0 saturated carbocycles. The molecule has 0 saturated heterocycles. The summed E-state index contributed by atoms with van der Waals surface area (Å²) in [4.78, 5) is 22.5. The molecule has 0 unspecified atom stereocenters. The summed E-state index contributed by atoms with van der Waals surface area (Å²) in [6, 6.07) is -0.0385. The van der Waals surface area contributed by atoms with Crippen molar-refractivity contribution in [1.29, 1.82) is 0 Å². The molecule has 1 aromatic heterocycles. The predicted molar refractivity (Wildman–Crippen MR) is 71.1 cm³/mol. The summed E-state index contributed by atoms with van der Waals surface area (Å²) in [6.07, 6.45) is 1.51. The summed E-state index contributed by atoms with van der Waals surface area (Å²) in [5.74, 6) is -0.101. The fraction of sp³-hybridized carbons (Fsp3) is 0.545. The number of hydrogen-bond acceptors (Lipinski definition) is 4. The van der Waals surface area contributed by atoms with E-state index in [9.17, 15) is 9.59 Å². The van der Waals surface area contributed by atoms with E-state index in [0.717, 1.165) is 0 Å². The second kappa shape index (κ2) is 6.39. The molecule has 6 nitrogen and oxygen atoms in total. The van der Waals surface area contributed by atoms with Gasteiger partial charge in [-0.3, -0.25) is 9.59 Å². The number of rotatable bonds is 5. The van der Waals surface area contributed by atoms with Gasteiger partial charge in [0.1, 0.15) is 5.02 Å². The van der Waals surface area contributed by atoms with Crippen LogP contribution in [0, 0.1) is 0 Å². The molecule has 0 radical (unpaired) electrons. The zero-order chi connectivity index (χ0) is 13.7. The maximum absolute atomic E-state index is 11.8. The molecule has 0 aliphatic rings. The number of carbonyl (C=O) groups is 1. The van der Waals surface area contributed by atoms with Crippen molar-refractivity contribution in [2.24, 2.45) is 0 Å². The van der Waals surface area contributed by atoms with Crippen molar-refractivity contribution in [3.8, 4) is 0 Å². The zero-order valence-electron chi connectivity index (χ0n) is 10.7. The van der Waals surface area contributed by atoms with Crippen LogP contribution >= 0.6 is 11.6 Å². The summed E-state index contributed by atoms with van der Waals surface area (Å²) in [5.41, 5.74) is 0.153. The Morgan fingerprint density at radius 1 is 1.50 bits per heavy atom. The number of amides is 1. The van der Waals surface area contributed by atoms with E-state index in [4.69, 9.17) is 11.6 Å². The van der Waals surface area contributed by atoms with Gasteiger partial charge in [-0.2, -0.15) is 5.10 Å². The molecule has 1 amide bonds. The van der Waals surface area contributed by atoms with E-state index in [1.54, 1.807) is 0 Å². The summed E-state index contributed by atoms with van der Waals surface area (Å²) >= 11 is 5.96. The van der Waals surface area contributed by atoms with E-state index in [0.29, 0.717) is 18.8 Å². The topological polar surface area (TPSA) is 76.0 Å². The van der Waals surface area contributed by atoms with Crippen LogP contribution in [0.4, 0.5) is 5.69 Å². The van der Waals surface area contributed by atoms with Crippen LogP contribution in [-0.2, 0) is 4.79 Å². The lowest BCUT2D eigenvalue weighted by atomic mass is 10.4. The molecule has 0 aliphatic carbocycles. The number of hydrogen-bond donors (Lipinski definition) is 2. The molecule has 1 aromatic rings. The second-order valence-corrected chi connectivity index (χ2v) is 4.50. The first-order valence-electron chi connectivity index (χ1n) is 5.69. The van der Waals surface area contributed by atoms with Crippen molar-refractivity contribution in [2.75, 3.05) is 18.4 Å². The Morgan fingerprint density at radius 2 is 2.17 bits per heavy atom. The van der Waals surface area contributed by atoms with Gasteiger partial charge >= 0.3 is 0 Å². The number of carbonyl (C=O) groups excluding carboxylic acids is 1. The lowest BCUT2D eigenvalue weighted by molar-refractivity contribution is -0.118. The number of anilines is 1. The Hall–Kier alpha value is -1.56. The average Bonchev–Trinajstić information content (AvgIpc) is 2.29. The first-order chi connectivity index (χ1) is 8.43. The molecule has 0 spiro atoms. The molecular weight excluding hydrogens is 256 g/mol. The fourth-order valence-corrected chi connectivity index (χ4v) is 1.57. The fourth-order valence-electron chi connectivity index (χ4n) is 1.37. The molecule has 18 heavy (non-hydrogen) atoms. The molecule has 7 heteroatoms. The minimum Gasteiger partial charge on any atom is -0.381 e. The van der Waals surface area contributed by atoms with Gasteiger partial charge < -0.3 is 10.6 Å². The van der Waals surface area contributed by atoms with Crippen LogP contribution in [-0.4, -0.2) is 28.8 Å². The van der Waals surface area contributed by atoms with Crippen molar-refractivity contribution < 1.29 is 4.79 Å². The van der Waals surface area contributed by atoms with Gasteiger partial charge in [-0.15, -0.1) is 0 Å². The summed E-state index contributed by atoms with van der Waals surface area (Å²) < 4.78 is 1.32. The van der Waals surface area contributed by atoms with Gasteiger partial charge in [0.15, 0.2) is 0 Å². The highest BCUT2D eigenvalue weighted by Crippen LogP contribution is 2.15. The van der Waals surface area contributed by atoms with Crippen LogP contribution in [0.3, 0.4) is 0 Å². The van der Waals surface area contributed by atoms with Crippen LogP contribution in [0.15, 0.2) is 11.0 Å². The van der Waals surface area contributed by atoms with Gasteiger partial charge in [0.05, 0.1) is 17.9 Å². The highest BCUT2D eigenvalue weighted by molar-refractivity contribution is 6.32. The Balaban J connectivity index is 2.71. The standard InChI is InChI=1S/C11H17ClN4O2/c1-7(2)16-11(18)10(12)9(6-15-16)14-5-4-13-8(3)17/h6-7,14H,4-5H2,1-3H3,(H,13,17). The lowest BCUT2D eigenvalue weighted by Gasteiger charge is -2.12. The zero-order valence-corrected chi connectivity index (χ0v) is 11.4. The Bertz CT molecular complexity index is 484. The van der Waals surface area contributed by atoms with Crippen molar-refractivity contribution in [2.45, 2.75) is 26.8 Å². The summed E-state index contributed by atoms with van der Waals surface area (Å²) in [7, 11) is 0. The quantitative estimate of drug-likeness (QED) is 0.785. The number of nitrogens with zero attached hydrogens (tertiary/aromatic N) is 2. The number of halogens is 1. The third kappa shape index (κ3) is 3.73. The third-order valence-corrected chi connectivity index (χ3v) is 2.61. The van der Waals surface area contributed by atoms with Crippen molar-refractivity contribution >= 4 is 23.2 Å². The first kappa shape index (κ1) is 14.5. The first-order valence-corrected chi connectivity index (χ1v) is 6.07. The maximum Gasteiger partial charge on any atom is 0.287 e. The van der Waals surface area contributed by atoms with E-state index in [1.807, 2.05) is 13.8 Å². The smallest absolute Gasteiger partial charge is 0.287 e. The van der Waals surface area contributed by atoms with Gasteiger partial charge in [-0.1, -0.05) is 11.6 Å². The molecule has 1 heterocycles. The molecule has 1 rings (SSSR count). The van der Waals surface area contributed by atoms with Crippen LogP contribution in [0.2, 0.25) is 5.02 Å². The lowest BCUT2D eigenvalue weighted by Crippen LogP contribution is -2.28.